The quantitative estimate of drug-likeness (QED) is 0.113. The number of esters is 1. The fourth-order valence-electron chi connectivity index (χ4n) is 4.82. The van der Waals surface area contributed by atoms with Gasteiger partial charge in [0.15, 0.2) is 12.4 Å². The first-order valence-corrected chi connectivity index (χ1v) is 13.1. The number of aryl methyl sites for hydroxylation is 1. The topological polar surface area (TPSA) is 225 Å². The van der Waals surface area contributed by atoms with Gasteiger partial charge in [0.2, 0.25) is 0 Å². The molecule has 1 aliphatic heterocycles. The standard InChI is InChI=1S/C27H40O14/c1-10(2)6-7-38-13-8-11(3)15(23(37-5)12(13)4)26(36)40-24-14(9-28)39-27(22(35)21(24)34)41-25-19(32)17(30)16(29)18(31)20(25)33/h6,8,14,16-22,24-25,27-35H,7,9H2,1-5H3. The zero-order chi connectivity index (χ0) is 30.8. The SMILES string of the molecule is COc1c(C)c(OCC=C(C)C)cc(C)c1C(=O)OC1C(CO)OC(OC2C(O)C(O)C(O)C(O)C2O)C(O)C1O. The number of carbonyl (C=O) groups excluding carboxylic acids is 1. The zero-order valence-electron chi connectivity index (χ0n) is 23.4. The van der Waals surface area contributed by atoms with Crippen LogP contribution in [0, 0.1) is 13.8 Å². The Morgan fingerprint density at radius 2 is 1.46 bits per heavy atom. The molecule has 232 valence electrons. The molecule has 14 nitrogen and oxygen atoms in total. The van der Waals surface area contributed by atoms with Crippen molar-refractivity contribution in [1.29, 1.82) is 0 Å². The van der Waals surface area contributed by atoms with Crippen LogP contribution < -0.4 is 9.47 Å². The molecular weight excluding hydrogens is 548 g/mol. The monoisotopic (exact) mass is 588 g/mol. The molecule has 0 aromatic heterocycles. The van der Waals surface area contributed by atoms with Crippen molar-refractivity contribution in [2.24, 2.45) is 0 Å². The summed E-state index contributed by atoms with van der Waals surface area (Å²) in [5.74, 6) is -0.308. The Kier molecular flexibility index (Phi) is 11.1. The number of ether oxygens (including phenoxy) is 5. The number of hydrogen-bond acceptors (Lipinski definition) is 14. The van der Waals surface area contributed by atoms with Crippen molar-refractivity contribution in [3.05, 3.63) is 34.4 Å². The number of aliphatic hydroxyl groups excluding tert-OH is 8. The van der Waals surface area contributed by atoms with Crippen LogP contribution in [0.1, 0.15) is 35.3 Å². The molecule has 3 rings (SSSR count). The molecule has 0 bridgehead atoms. The maximum Gasteiger partial charge on any atom is 0.342 e. The average molecular weight is 589 g/mol. The highest BCUT2D eigenvalue weighted by molar-refractivity contribution is 5.95. The summed E-state index contributed by atoms with van der Waals surface area (Å²) >= 11 is 0. The van der Waals surface area contributed by atoms with E-state index in [9.17, 15) is 45.6 Å². The molecule has 2 fully saturated rings. The second kappa shape index (κ2) is 13.7. The summed E-state index contributed by atoms with van der Waals surface area (Å²) in [5, 5.41) is 81.6. The number of carbonyl (C=O) groups is 1. The van der Waals surface area contributed by atoms with Gasteiger partial charge >= 0.3 is 5.97 Å². The third kappa shape index (κ3) is 6.83. The fraction of sp³-hybridized carbons (Fsp3) is 0.667. The second-order valence-corrected chi connectivity index (χ2v) is 10.4. The fourth-order valence-corrected chi connectivity index (χ4v) is 4.82. The highest BCUT2D eigenvalue weighted by Crippen LogP contribution is 2.36. The average Bonchev–Trinajstić information content (AvgIpc) is 2.93. The van der Waals surface area contributed by atoms with Crippen LogP contribution in [0.5, 0.6) is 11.5 Å². The van der Waals surface area contributed by atoms with Gasteiger partial charge in [0.1, 0.15) is 78.6 Å². The van der Waals surface area contributed by atoms with Gasteiger partial charge in [0.05, 0.1) is 13.7 Å². The van der Waals surface area contributed by atoms with Crippen molar-refractivity contribution in [2.45, 2.75) is 95.0 Å². The van der Waals surface area contributed by atoms with Crippen LogP contribution in [0.15, 0.2) is 17.7 Å². The molecule has 0 amide bonds. The molecule has 1 aliphatic carbocycles. The van der Waals surface area contributed by atoms with Crippen molar-refractivity contribution < 1.29 is 69.3 Å². The molecule has 9 atom stereocenters. The van der Waals surface area contributed by atoms with Gasteiger partial charge in [-0.2, -0.15) is 0 Å². The number of benzene rings is 1. The molecule has 9 unspecified atom stereocenters. The van der Waals surface area contributed by atoms with E-state index in [1.807, 2.05) is 19.9 Å². The molecule has 41 heavy (non-hydrogen) atoms. The molecule has 1 aromatic carbocycles. The summed E-state index contributed by atoms with van der Waals surface area (Å²) < 4.78 is 27.6. The number of allylic oxidation sites excluding steroid dienone is 1. The third-order valence-electron chi connectivity index (χ3n) is 7.25. The number of aliphatic hydroxyl groups is 8. The van der Waals surface area contributed by atoms with E-state index in [1.165, 1.54) is 7.11 Å². The van der Waals surface area contributed by atoms with Crippen LogP contribution >= 0.6 is 0 Å². The Balaban J connectivity index is 1.80. The highest BCUT2D eigenvalue weighted by atomic mass is 16.7. The highest BCUT2D eigenvalue weighted by Gasteiger charge is 2.53. The van der Waals surface area contributed by atoms with Gasteiger partial charge in [0.25, 0.3) is 0 Å². The lowest BCUT2D eigenvalue weighted by atomic mass is 9.84. The molecule has 1 saturated heterocycles. The molecular formula is C27H40O14. The maximum absolute atomic E-state index is 13.3. The summed E-state index contributed by atoms with van der Waals surface area (Å²) in [7, 11) is 1.36. The van der Waals surface area contributed by atoms with E-state index in [4.69, 9.17) is 23.7 Å². The Labute approximate surface area is 236 Å². The van der Waals surface area contributed by atoms with Gasteiger partial charge in [-0.15, -0.1) is 0 Å². The van der Waals surface area contributed by atoms with E-state index in [0.29, 0.717) is 23.5 Å². The van der Waals surface area contributed by atoms with E-state index in [0.717, 1.165) is 5.57 Å². The van der Waals surface area contributed by atoms with E-state index in [2.05, 4.69) is 0 Å². The summed E-state index contributed by atoms with van der Waals surface area (Å²) in [4.78, 5) is 13.3. The van der Waals surface area contributed by atoms with Crippen molar-refractivity contribution in [1.82, 2.24) is 0 Å². The van der Waals surface area contributed by atoms with Crippen molar-refractivity contribution in [3.63, 3.8) is 0 Å². The summed E-state index contributed by atoms with van der Waals surface area (Å²) in [5.41, 5.74) is 2.02. The predicted octanol–water partition coefficient (Wildman–Crippen LogP) is -2.18. The lowest BCUT2D eigenvalue weighted by Crippen LogP contribution is -2.67. The van der Waals surface area contributed by atoms with Crippen LogP contribution in [-0.2, 0) is 14.2 Å². The molecule has 1 heterocycles. The lowest BCUT2D eigenvalue weighted by Gasteiger charge is -2.46. The smallest absolute Gasteiger partial charge is 0.342 e. The molecule has 8 N–H and O–H groups in total. The van der Waals surface area contributed by atoms with Crippen molar-refractivity contribution >= 4 is 5.97 Å². The number of hydrogen-bond donors (Lipinski definition) is 8. The molecule has 14 heteroatoms. The van der Waals surface area contributed by atoms with Gasteiger partial charge < -0.3 is 64.5 Å². The van der Waals surface area contributed by atoms with Gasteiger partial charge in [-0.3, -0.25) is 0 Å². The van der Waals surface area contributed by atoms with Gasteiger partial charge in [-0.25, -0.2) is 4.79 Å². The van der Waals surface area contributed by atoms with Crippen LogP contribution in [0.25, 0.3) is 0 Å². The maximum atomic E-state index is 13.3. The molecule has 0 spiro atoms. The van der Waals surface area contributed by atoms with E-state index < -0.39 is 79.9 Å². The normalized spacial score (nSPS) is 35.5. The number of methoxy groups -OCH3 is 1. The van der Waals surface area contributed by atoms with Crippen molar-refractivity contribution in [2.75, 3.05) is 20.3 Å². The molecule has 1 aromatic rings. The molecule has 0 radical (unpaired) electrons. The van der Waals surface area contributed by atoms with Crippen molar-refractivity contribution in [3.8, 4) is 11.5 Å². The predicted molar refractivity (Wildman–Crippen MR) is 139 cm³/mol. The summed E-state index contributed by atoms with van der Waals surface area (Å²) in [6, 6.07) is 1.63. The zero-order valence-corrected chi connectivity index (χ0v) is 23.4. The van der Waals surface area contributed by atoms with Crippen LogP contribution in [0.3, 0.4) is 0 Å². The molecule has 1 saturated carbocycles. The lowest BCUT2D eigenvalue weighted by molar-refractivity contribution is -0.338. The Bertz CT molecular complexity index is 1070. The first-order valence-electron chi connectivity index (χ1n) is 13.1. The van der Waals surface area contributed by atoms with Gasteiger partial charge in [-0.05, 0) is 45.4 Å². The second-order valence-electron chi connectivity index (χ2n) is 10.4. The Morgan fingerprint density at radius 3 is 2.00 bits per heavy atom. The minimum absolute atomic E-state index is 0.0197. The summed E-state index contributed by atoms with van der Waals surface area (Å²) in [6.07, 6.45) is -18.1. The van der Waals surface area contributed by atoms with E-state index in [-0.39, 0.29) is 11.3 Å². The van der Waals surface area contributed by atoms with Crippen LogP contribution in [0.4, 0.5) is 0 Å². The van der Waals surface area contributed by atoms with E-state index >= 15 is 0 Å². The van der Waals surface area contributed by atoms with Gasteiger partial charge in [-0.1, -0.05) is 5.57 Å². The largest absolute Gasteiger partial charge is 0.495 e. The van der Waals surface area contributed by atoms with Crippen LogP contribution in [-0.4, -0.2) is 134 Å². The Hall–Kier alpha value is -2.37. The third-order valence-corrected chi connectivity index (χ3v) is 7.25. The van der Waals surface area contributed by atoms with Crippen LogP contribution in [0.2, 0.25) is 0 Å². The number of rotatable bonds is 9. The summed E-state index contributed by atoms with van der Waals surface area (Å²) in [6.45, 7) is 6.66. The van der Waals surface area contributed by atoms with Gasteiger partial charge in [0, 0.05) is 5.56 Å². The minimum Gasteiger partial charge on any atom is -0.495 e. The Morgan fingerprint density at radius 1 is 0.902 bits per heavy atom. The first kappa shape index (κ1) is 33.1. The van der Waals surface area contributed by atoms with E-state index in [1.54, 1.807) is 19.9 Å². The molecule has 2 aliphatic rings. The minimum atomic E-state index is -1.94. The first-order chi connectivity index (χ1) is 19.2.